The molecule has 7 nitrogen and oxygen atoms in total. The first-order chi connectivity index (χ1) is 10.1. The number of carboxylic acids is 1. The largest absolute Gasteiger partial charge is 0.480 e. The van der Waals surface area contributed by atoms with Gasteiger partial charge < -0.3 is 15.5 Å². The van der Waals surface area contributed by atoms with Gasteiger partial charge in [0.15, 0.2) is 4.96 Å². The number of carbonyl (C=O) groups excluding carboxylic acids is 1. The number of thiazole rings is 1. The van der Waals surface area contributed by atoms with Crippen molar-refractivity contribution in [2.45, 2.75) is 12.5 Å². The number of aliphatic hydroxyl groups excluding tert-OH is 1. The van der Waals surface area contributed by atoms with Gasteiger partial charge in [-0.3, -0.25) is 9.20 Å². The fourth-order valence-corrected chi connectivity index (χ4v) is 3.68. The van der Waals surface area contributed by atoms with E-state index in [0.29, 0.717) is 4.88 Å². The first-order valence-corrected chi connectivity index (χ1v) is 7.79. The zero-order valence-corrected chi connectivity index (χ0v) is 12.3. The highest BCUT2D eigenvalue weighted by atomic mass is 32.1. The number of aromatic nitrogens is 2. The lowest BCUT2D eigenvalue weighted by Gasteiger charge is -2.11. The lowest BCUT2D eigenvalue weighted by atomic mass is 10.2. The van der Waals surface area contributed by atoms with Crippen LogP contribution in [0.25, 0.3) is 15.3 Å². The number of aliphatic hydroxyl groups is 1. The zero-order chi connectivity index (χ0) is 15.0. The van der Waals surface area contributed by atoms with Crippen LogP contribution in [0.4, 0.5) is 0 Å². The first kappa shape index (κ1) is 14.0. The summed E-state index contributed by atoms with van der Waals surface area (Å²) >= 11 is 2.72. The van der Waals surface area contributed by atoms with E-state index in [4.69, 9.17) is 10.2 Å². The van der Waals surface area contributed by atoms with Crippen LogP contribution in [-0.4, -0.2) is 44.1 Å². The monoisotopic (exact) mass is 325 g/mol. The first-order valence-electron chi connectivity index (χ1n) is 6.10. The standard InChI is InChI=1S/C12H11N3O4S2/c16-3-1-6(11(18)19)13-9(17)8-5-7-10(21-8)14-12-15(7)2-4-20-12/h2,4-6,16H,1,3H2,(H,13,17)(H,18,19)/t6-/m1/s1. The van der Waals surface area contributed by atoms with Gasteiger partial charge in [-0.15, -0.1) is 22.7 Å². The molecule has 0 aliphatic carbocycles. The van der Waals surface area contributed by atoms with Crippen LogP contribution in [0.15, 0.2) is 17.6 Å². The van der Waals surface area contributed by atoms with E-state index in [1.807, 2.05) is 16.0 Å². The molecule has 1 atom stereocenters. The van der Waals surface area contributed by atoms with Crippen molar-refractivity contribution in [3.63, 3.8) is 0 Å². The van der Waals surface area contributed by atoms with Crippen LogP contribution < -0.4 is 5.32 Å². The van der Waals surface area contributed by atoms with Gasteiger partial charge >= 0.3 is 5.97 Å². The van der Waals surface area contributed by atoms with Crippen molar-refractivity contribution in [2.24, 2.45) is 0 Å². The molecule has 3 aromatic heterocycles. The third-order valence-corrected chi connectivity index (χ3v) is 4.76. The SMILES string of the molecule is O=C(N[C@H](CCO)C(=O)O)c1cc2c(nc3sccn32)s1. The number of thiophene rings is 1. The van der Waals surface area contributed by atoms with Gasteiger partial charge in [-0.1, -0.05) is 0 Å². The van der Waals surface area contributed by atoms with Crippen LogP contribution in [0, 0.1) is 0 Å². The number of nitrogens with zero attached hydrogens (tertiary/aromatic N) is 2. The van der Waals surface area contributed by atoms with Crippen molar-refractivity contribution in [1.82, 2.24) is 14.7 Å². The Morgan fingerprint density at radius 1 is 1.48 bits per heavy atom. The van der Waals surface area contributed by atoms with Gasteiger partial charge in [-0.05, 0) is 6.07 Å². The third kappa shape index (κ3) is 2.50. The lowest BCUT2D eigenvalue weighted by Crippen LogP contribution is -2.41. The van der Waals surface area contributed by atoms with Crippen molar-refractivity contribution >= 4 is 49.9 Å². The molecule has 21 heavy (non-hydrogen) atoms. The number of carbonyl (C=O) groups is 2. The number of carboxylic acid groups (broad SMARTS) is 1. The molecule has 3 heterocycles. The van der Waals surface area contributed by atoms with Gasteiger partial charge in [0.1, 0.15) is 10.9 Å². The maximum absolute atomic E-state index is 12.1. The predicted octanol–water partition coefficient (Wildman–Crippen LogP) is 1.18. The summed E-state index contributed by atoms with van der Waals surface area (Å²) in [6, 6.07) is 0.598. The van der Waals surface area contributed by atoms with E-state index in [-0.39, 0.29) is 13.0 Å². The average Bonchev–Trinajstić information content (AvgIpc) is 3.08. The molecule has 0 aromatic carbocycles. The highest BCUT2D eigenvalue weighted by molar-refractivity contribution is 7.21. The highest BCUT2D eigenvalue weighted by Crippen LogP contribution is 2.28. The molecule has 0 saturated carbocycles. The molecule has 1 amide bonds. The quantitative estimate of drug-likeness (QED) is 0.653. The van der Waals surface area contributed by atoms with Crippen molar-refractivity contribution in [3.05, 3.63) is 22.5 Å². The molecule has 0 spiro atoms. The minimum Gasteiger partial charge on any atom is -0.480 e. The topological polar surface area (TPSA) is 104 Å². The number of imidazole rings is 1. The molecule has 0 unspecified atom stereocenters. The number of amides is 1. The molecule has 0 bridgehead atoms. The second-order valence-corrected chi connectivity index (χ2v) is 6.25. The summed E-state index contributed by atoms with van der Waals surface area (Å²) in [6.07, 6.45) is 1.84. The van der Waals surface area contributed by atoms with E-state index in [9.17, 15) is 9.59 Å². The van der Waals surface area contributed by atoms with E-state index < -0.39 is 17.9 Å². The average molecular weight is 325 g/mol. The number of nitrogens with one attached hydrogen (secondary N) is 1. The van der Waals surface area contributed by atoms with Gasteiger partial charge in [0.25, 0.3) is 5.91 Å². The number of hydrogen-bond acceptors (Lipinski definition) is 6. The summed E-state index contributed by atoms with van der Waals surface area (Å²) in [6.45, 7) is -0.304. The summed E-state index contributed by atoms with van der Waals surface area (Å²) in [4.78, 5) is 29.5. The molecule has 3 aromatic rings. The zero-order valence-electron chi connectivity index (χ0n) is 10.6. The molecule has 3 N–H and O–H groups in total. The van der Waals surface area contributed by atoms with Crippen molar-refractivity contribution < 1.29 is 19.8 Å². The Balaban J connectivity index is 1.86. The maximum atomic E-state index is 12.1. The predicted molar refractivity (Wildman–Crippen MR) is 79.0 cm³/mol. The number of aliphatic carboxylic acids is 1. The Labute approximate surface area is 126 Å². The number of fused-ring (bicyclic) bond motifs is 3. The lowest BCUT2D eigenvalue weighted by molar-refractivity contribution is -0.139. The smallest absolute Gasteiger partial charge is 0.326 e. The number of hydrogen-bond donors (Lipinski definition) is 3. The minimum atomic E-state index is -1.17. The Morgan fingerprint density at radius 3 is 3.00 bits per heavy atom. The van der Waals surface area contributed by atoms with E-state index in [1.165, 1.54) is 22.7 Å². The van der Waals surface area contributed by atoms with Crippen LogP contribution in [-0.2, 0) is 4.79 Å². The second-order valence-electron chi connectivity index (χ2n) is 4.34. The molecule has 110 valence electrons. The summed E-state index contributed by atoms with van der Waals surface area (Å²) in [5.74, 6) is -1.64. The molecule has 0 fully saturated rings. The molecule has 3 rings (SSSR count). The summed E-state index contributed by atoms with van der Waals surface area (Å²) in [7, 11) is 0. The van der Waals surface area contributed by atoms with Crippen molar-refractivity contribution in [1.29, 1.82) is 0 Å². The summed E-state index contributed by atoms with van der Waals surface area (Å²) in [5.41, 5.74) is 0.829. The van der Waals surface area contributed by atoms with Crippen LogP contribution in [0.3, 0.4) is 0 Å². The van der Waals surface area contributed by atoms with E-state index >= 15 is 0 Å². The molecule has 0 aliphatic heterocycles. The highest BCUT2D eigenvalue weighted by Gasteiger charge is 2.22. The molecule has 0 saturated heterocycles. The molecular formula is C12H11N3O4S2. The van der Waals surface area contributed by atoms with E-state index in [2.05, 4.69) is 10.3 Å². The van der Waals surface area contributed by atoms with E-state index in [1.54, 1.807) is 6.07 Å². The maximum Gasteiger partial charge on any atom is 0.326 e. The fourth-order valence-electron chi connectivity index (χ4n) is 1.98. The van der Waals surface area contributed by atoms with Crippen LogP contribution in [0.2, 0.25) is 0 Å². The fraction of sp³-hybridized carbons (Fsp3) is 0.250. The normalized spacial score (nSPS) is 12.8. The van der Waals surface area contributed by atoms with Gasteiger partial charge in [-0.25, -0.2) is 9.78 Å². The molecular weight excluding hydrogens is 314 g/mol. The Morgan fingerprint density at radius 2 is 2.29 bits per heavy atom. The summed E-state index contributed by atoms with van der Waals surface area (Å²) < 4.78 is 1.88. The van der Waals surface area contributed by atoms with Crippen molar-refractivity contribution in [2.75, 3.05) is 6.61 Å². The van der Waals surface area contributed by atoms with E-state index in [0.717, 1.165) is 15.3 Å². The van der Waals surface area contributed by atoms with Gasteiger partial charge in [-0.2, -0.15) is 0 Å². The second kappa shape index (κ2) is 5.43. The van der Waals surface area contributed by atoms with Gasteiger partial charge in [0, 0.05) is 24.6 Å². The summed E-state index contributed by atoms with van der Waals surface area (Å²) in [5, 5.41) is 22.1. The minimum absolute atomic E-state index is 0.0278. The van der Waals surface area contributed by atoms with Crippen LogP contribution in [0.5, 0.6) is 0 Å². The van der Waals surface area contributed by atoms with Gasteiger partial charge in [0.05, 0.1) is 10.4 Å². The molecule has 9 heteroatoms. The third-order valence-electron chi connectivity index (χ3n) is 2.98. The number of rotatable bonds is 5. The van der Waals surface area contributed by atoms with Crippen molar-refractivity contribution in [3.8, 4) is 0 Å². The van der Waals surface area contributed by atoms with Crippen LogP contribution in [0.1, 0.15) is 16.1 Å². The Kier molecular flexibility index (Phi) is 3.62. The molecule has 0 aliphatic rings. The Bertz CT molecular complexity index is 819. The Hall–Kier alpha value is -1.97. The van der Waals surface area contributed by atoms with Gasteiger partial charge in [0.2, 0.25) is 0 Å². The van der Waals surface area contributed by atoms with Crippen LogP contribution >= 0.6 is 22.7 Å². The molecule has 0 radical (unpaired) electrons.